The number of amides is 1. The lowest BCUT2D eigenvalue weighted by Gasteiger charge is -2.39. The summed E-state index contributed by atoms with van der Waals surface area (Å²) in [5.74, 6) is -0.843. The summed E-state index contributed by atoms with van der Waals surface area (Å²) in [6.07, 6.45) is 6.60. The van der Waals surface area contributed by atoms with Gasteiger partial charge in [-0.15, -0.1) is 23.5 Å². The molecule has 0 saturated carbocycles. The molecule has 1 aliphatic rings. The van der Waals surface area contributed by atoms with Gasteiger partial charge in [0.15, 0.2) is 4.93 Å². The molecule has 2 rings (SSSR count). The largest absolute Gasteiger partial charge is 0.478 e. The molecule has 1 unspecified atom stereocenters. The number of rotatable bonds is 11. The molecule has 1 N–H and O–H groups in total. The van der Waals surface area contributed by atoms with E-state index in [9.17, 15) is 25.0 Å². The number of nitro groups is 2. The lowest BCUT2D eigenvalue weighted by molar-refractivity contribution is -0.394. The molecular weight excluding hydrogens is 492 g/mol. The van der Waals surface area contributed by atoms with E-state index in [4.69, 9.17) is 4.74 Å². The van der Waals surface area contributed by atoms with Crippen LogP contribution in [0.1, 0.15) is 77.6 Å². The van der Waals surface area contributed by atoms with Crippen molar-refractivity contribution in [3.05, 3.63) is 55.2 Å². The lowest BCUT2D eigenvalue weighted by Crippen LogP contribution is -2.37. The van der Waals surface area contributed by atoms with Crippen molar-refractivity contribution in [2.45, 2.75) is 81.7 Å². The van der Waals surface area contributed by atoms with E-state index in [-0.39, 0.29) is 15.1 Å². The summed E-state index contributed by atoms with van der Waals surface area (Å²) in [7, 11) is 0. The van der Waals surface area contributed by atoms with Crippen molar-refractivity contribution in [1.29, 1.82) is 0 Å². The Labute approximate surface area is 213 Å². The average Bonchev–Trinajstić information content (AvgIpc) is 2.79. The molecule has 1 aromatic rings. The van der Waals surface area contributed by atoms with Crippen molar-refractivity contribution < 1.29 is 19.4 Å². The number of hydrazone groups is 1. The second-order valence-corrected chi connectivity index (χ2v) is 13.2. The molecule has 1 aliphatic heterocycles. The molecule has 0 saturated heterocycles. The molecule has 0 aliphatic carbocycles. The first-order valence-corrected chi connectivity index (χ1v) is 12.9. The van der Waals surface area contributed by atoms with E-state index in [2.05, 4.69) is 52.1 Å². The van der Waals surface area contributed by atoms with Crippen LogP contribution in [0.15, 0.2) is 34.5 Å². The zero-order chi connectivity index (χ0) is 26.4. The van der Waals surface area contributed by atoms with E-state index < -0.39 is 32.1 Å². The van der Waals surface area contributed by atoms with Crippen LogP contribution in [-0.4, -0.2) is 36.4 Å². The van der Waals surface area contributed by atoms with Crippen LogP contribution in [0.5, 0.6) is 0 Å². The highest BCUT2D eigenvalue weighted by Crippen LogP contribution is 2.47. The van der Waals surface area contributed by atoms with Crippen molar-refractivity contribution in [2.24, 2.45) is 5.10 Å². The van der Waals surface area contributed by atoms with Gasteiger partial charge in [0.2, 0.25) is 0 Å². The van der Waals surface area contributed by atoms with Crippen molar-refractivity contribution in [1.82, 2.24) is 5.43 Å². The highest BCUT2D eigenvalue weighted by molar-refractivity contribution is 8.04. The van der Waals surface area contributed by atoms with Gasteiger partial charge in [-0.05, 0) is 25.3 Å². The summed E-state index contributed by atoms with van der Waals surface area (Å²) in [6, 6.07) is 2.84. The van der Waals surface area contributed by atoms with E-state index in [1.54, 1.807) is 29.8 Å². The summed E-state index contributed by atoms with van der Waals surface area (Å²) >= 11 is 3.38. The second kappa shape index (κ2) is 11.4. The highest BCUT2D eigenvalue weighted by Gasteiger charge is 2.39. The fourth-order valence-electron chi connectivity index (χ4n) is 3.05. The van der Waals surface area contributed by atoms with Crippen LogP contribution in [-0.2, 0) is 4.74 Å². The molecule has 0 bridgehead atoms. The van der Waals surface area contributed by atoms with Crippen LogP contribution in [0, 0.1) is 20.2 Å². The first kappa shape index (κ1) is 28.6. The molecule has 0 spiro atoms. The van der Waals surface area contributed by atoms with Gasteiger partial charge in [-0.25, -0.2) is 5.43 Å². The normalized spacial score (nSPS) is 18.6. The summed E-state index contributed by atoms with van der Waals surface area (Å²) in [6.45, 7) is 12.8. The molecule has 192 valence electrons. The van der Waals surface area contributed by atoms with Crippen LogP contribution in [0.25, 0.3) is 0 Å². The fraction of sp³-hybridized carbons (Fsp3) is 0.565. The van der Waals surface area contributed by atoms with Gasteiger partial charge in [0.25, 0.3) is 17.3 Å². The van der Waals surface area contributed by atoms with Gasteiger partial charge in [-0.1, -0.05) is 41.5 Å². The molecule has 1 atom stereocenters. The number of hydrogen-bond acceptors (Lipinski definition) is 9. The van der Waals surface area contributed by atoms with Gasteiger partial charge in [-0.2, -0.15) is 5.10 Å². The molecule has 10 nitrogen and oxygen atoms in total. The van der Waals surface area contributed by atoms with Crippen LogP contribution < -0.4 is 5.43 Å². The maximum Gasteiger partial charge on any atom is 0.289 e. The number of hydrogen-bond donors (Lipinski definition) is 1. The number of ether oxygens (including phenoxy) is 1. The quantitative estimate of drug-likeness (QED) is 0.199. The molecule has 0 aromatic heterocycles. The first-order valence-electron chi connectivity index (χ1n) is 11.3. The van der Waals surface area contributed by atoms with E-state index in [0.29, 0.717) is 6.42 Å². The van der Waals surface area contributed by atoms with Crippen molar-refractivity contribution >= 4 is 47.0 Å². The Balaban J connectivity index is 2.25. The first-order chi connectivity index (χ1) is 16.2. The lowest BCUT2D eigenvalue weighted by atomic mass is 10.1. The second-order valence-electron chi connectivity index (χ2n) is 9.36. The molecule has 0 fully saturated rings. The Morgan fingerprint density at radius 2 is 1.83 bits per heavy atom. The third kappa shape index (κ3) is 7.96. The number of carbonyl (C=O) groups is 1. The smallest absolute Gasteiger partial charge is 0.289 e. The van der Waals surface area contributed by atoms with E-state index in [1.807, 2.05) is 0 Å². The number of nitro benzene ring substituents is 2. The molecule has 1 amide bonds. The number of benzene rings is 1. The van der Waals surface area contributed by atoms with Gasteiger partial charge in [0, 0.05) is 26.9 Å². The van der Waals surface area contributed by atoms with Crippen LogP contribution in [0.3, 0.4) is 0 Å². The van der Waals surface area contributed by atoms with Gasteiger partial charge in [0.05, 0.1) is 28.4 Å². The zero-order valence-electron chi connectivity index (χ0n) is 20.8. The maximum absolute atomic E-state index is 12.6. The number of thioether (sulfide) groups is 2. The van der Waals surface area contributed by atoms with Crippen molar-refractivity contribution in [3.63, 3.8) is 0 Å². The third-order valence-corrected chi connectivity index (χ3v) is 8.73. The number of non-ortho nitro benzene ring substituents is 1. The van der Waals surface area contributed by atoms with Gasteiger partial charge >= 0.3 is 0 Å². The Morgan fingerprint density at radius 1 is 1.17 bits per heavy atom. The topological polar surface area (TPSA) is 137 Å². The minimum Gasteiger partial charge on any atom is -0.478 e. The summed E-state index contributed by atoms with van der Waals surface area (Å²) < 4.78 is 6.15. The Kier molecular flexibility index (Phi) is 9.35. The summed E-state index contributed by atoms with van der Waals surface area (Å²) in [5.41, 5.74) is 0.851. The fourth-order valence-corrected chi connectivity index (χ4v) is 5.69. The number of carbonyl (C=O) groups excluding carboxylic acids is 1. The van der Waals surface area contributed by atoms with E-state index >= 15 is 0 Å². The zero-order valence-corrected chi connectivity index (χ0v) is 22.5. The van der Waals surface area contributed by atoms with Crippen LogP contribution in [0.4, 0.5) is 11.4 Å². The molecule has 12 heteroatoms. The molecule has 1 aromatic carbocycles. The highest BCUT2D eigenvalue weighted by atomic mass is 32.2. The monoisotopic (exact) mass is 524 g/mol. The molecule has 1 heterocycles. The van der Waals surface area contributed by atoms with Crippen LogP contribution >= 0.6 is 23.5 Å². The van der Waals surface area contributed by atoms with E-state index in [0.717, 1.165) is 42.4 Å². The number of allylic oxidation sites excluding steroid dienone is 1. The predicted octanol–water partition coefficient (Wildman–Crippen LogP) is 6.41. The standard InChI is InChI=1S/C23H32N4O6S2/c1-7-21(3,4)34-17-11-12-23(33-14-17,35-22(5,6)8-2)15-24-25-20(28)18-10-9-16(26(29)30)13-19(18)27(31)32/h9-10,13-15H,7-8,11-12H2,1-6H3,(H,25,28)/b24-15+. The van der Waals surface area contributed by atoms with Crippen molar-refractivity contribution in [2.75, 3.05) is 0 Å². The minimum absolute atomic E-state index is 0.0898. The van der Waals surface area contributed by atoms with Gasteiger partial charge in [0.1, 0.15) is 5.56 Å². The van der Waals surface area contributed by atoms with Crippen LogP contribution in [0.2, 0.25) is 0 Å². The molecule has 0 radical (unpaired) electrons. The Bertz CT molecular complexity index is 1040. The third-order valence-electron chi connectivity index (χ3n) is 5.73. The molecule has 35 heavy (non-hydrogen) atoms. The summed E-state index contributed by atoms with van der Waals surface area (Å²) in [4.78, 5) is 33.6. The maximum atomic E-state index is 12.6. The summed E-state index contributed by atoms with van der Waals surface area (Å²) in [5, 5.41) is 26.4. The minimum atomic E-state index is -0.843. The SMILES string of the molecule is CCC(C)(C)SC1=COC(/C=N/NC(=O)c2ccc([N+](=O)[O-])cc2[N+](=O)[O-])(SC(C)(C)CC)CC1. The Hall–Kier alpha value is -2.60. The Morgan fingerprint density at radius 3 is 2.34 bits per heavy atom. The average molecular weight is 525 g/mol. The van der Waals surface area contributed by atoms with Gasteiger partial charge < -0.3 is 4.74 Å². The van der Waals surface area contributed by atoms with E-state index in [1.165, 1.54) is 6.21 Å². The molecular formula is C23H32N4O6S2. The van der Waals surface area contributed by atoms with Gasteiger partial charge in [-0.3, -0.25) is 25.0 Å². The number of nitrogens with one attached hydrogen (secondary N) is 1. The number of nitrogens with zero attached hydrogens (tertiary/aromatic N) is 3. The predicted molar refractivity (Wildman–Crippen MR) is 141 cm³/mol. The van der Waals surface area contributed by atoms with Crippen molar-refractivity contribution in [3.8, 4) is 0 Å².